The number of hydrogen-bond acceptors (Lipinski definition) is 3. The maximum Gasteiger partial charge on any atom is 0.310 e. The molecule has 0 saturated heterocycles. The summed E-state index contributed by atoms with van der Waals surface area (Å²) in [5.74, 6) is -1.08. The third-order valence-electron chi connectivity index (χ3n) is 3.49. The van der Waals surface area contributed by atoms with E-state index in [0.717, 1.165) is 0 Å². The number of nitrogens with one attached hydrogen (secondary N) is 2. The van der Waals surface area contributed by atoms with Crippen LogP contribution in [0.2, 0.25) is 0 Å². The van der Waals surface area contributed by atoms with Gasteiger partial charge in [-0.1, -0.05) is 6.08 Å². The number of carboxylic acid groups (broad SMARTS) is 1. The summed E-state index contributed by atoms with van der Waals surface area (Å²) >= 11 is 0. The second-order valence-corrected chi connectivity index (χ2v) is 5.46. The van der Waals surface area contributed by atoms with E-state index >= 15 is 0 Å². The minimum atomic E-state index is -0.986. The summed E-state index contributed by atoms with van der Waals surface area (Å²) in [7, 11) is 0. The standard InChI is InChI=1S/C13H24N2O3/c1-7-8-14-10(16)9(2)15-13(5,6)12(3,4)11(17)18/h7,9,15H,1,8H2,2-6H3,(H,14,16)(H,17,18). The molecule has 5 nitrogen and oxygen atoms in total. The molecule has 0 aliphatic rings. The largest absolute Gasteiger partial charge is 0.481 e. The van der Waals surface area contributed by atoms with Crippen molar-refractivity contribution in [2.75, 3.05) is 6.54 Å². The smallest absolute Gasteiger partial charge is 0.310 e. The lowest BCUT2D eigenvalue weighted by Crippen LogP contribution is -2.60. The Morgan fingerprint density at radius 2 is 1.83 bits per heavy atom. The summed E-state index contributed by atoms with van der Waals surface area (Å²) in [4.78, 5) is 22.9. The van der Waals surface area contributed by atoms with Gasteiger partial charge in [0, 0.05) is 12.1 Å². The first kappa shape index (κ1) is 16.6. The normalized spacial score (nSPS) is 13.8. The third-order valence-corrected chi connectivity index (χ3v) is 3.49. The summed E-state index contributed by atoms with van der Waals surface area (Å²) in [5, 5.41) is 14.9. The van der Waals surface area contributed by atoms with Gasteiger partial charge in [0.05, 0.1) is 11.5 Å². The molecule has 0 aromatic rings. The van der Waals surface area contributed by atoms with E-state index in [1.807, 2.05) is 0 Å². The van der Waals surface area contributed by atoms with Gasteiger partial charge >= 0.3 is 5.97 Å². The molecule has 1 unspecified atom stereocenters. The molecule has 0 saturated carbocycles. The molecule has 0 rings (SSSR count). The second kappa shape index (κ2) is 6.00. The molecule has 104 valence electrons. The van der Waals surface area contributed by atoms with Crippen molar-refractivity contribution in [1.29, 1.82) is 0 Å². The van der Waals surface area contributed by atoms with Gasteiger partial charge in [0.15, 0.2) is 0 Å². The van der Waals surface area contributed by atoms with Gasteiger partial charge in [0.1, 0.15) is 0 Å². The Balaban J connectivity index is 4.72. The summed E-state index contributed by atoms with van der Waals surface area (Å²) < 4.78 is 0. The summed E-state index contributed by atoms with van der Waals surface area (Å²) in [6.45, 7) is 12.4. The first-order valence-electron chi connectivity index (χ1n) is 5.96. The predicted molar refractivity (Wildman–Crippen MR) is 71.3 cm³/mol. The Morgan fingerprint density at radius 1 is 1.33 bits per heavy atom. The van der Waals surface area contributed by atoms with Crippen LogP contribution < -0.4 is 10.6 Å². The van der Waals surface area contributed by atoms with Crippen LogP contribution in [0.25, 0.3) is 0 Å². The molecule has 0 aliphatic carbocycles. The van der Waals surface area contributed by atoms with Gasteiger partial charge in [-0.15, -0.1) is 6.58 Å². The summed E-state index contributed by atoms with van der Waals surface area (Å²) in [5.41, 5.74) is -1.70. The Bertz CT molecular complexity index is 335. The quantitative estimate of drug-likeness (QED) is 0.597. The van der Waals surface area contributed by atoms with E-state index in [2.05, 4.69) is 17.2 Å². The van der Waals surface area contributed by atoms with Crippen molar-refractivity contribution in [3.63, 3.8) is 0 Å². The maximum absolute atomic E-state index is 11.7. The van der Waals surface area contributed by atoms with Gasteiger partial charge < -0.3 is 10.4 Å². The lowest BCUT2D eigenvalue weighted by molar-refractivity contribution is -0.151. The van der Waals surface area contributed by atoms with Crippen LogP contribution in [0.5, 0.6) is 0 Å². The zero-order valence-corrected chi connectivity index (χ0v) is 11.8. The van der Waals surface area contributed by atoms with Crippen molar-refractivity contribution in [3.05, 3.63) is 12.7 Å². The zero-order chi connectivity index (χ0) is 14.6. The predicted octanol–water partition coefficient (Wildman–Crippen LogP) is 1.16. The SMILES string of the molecule is C=CCNC(=O)C(C)NC(C)(C)C(C)(C)C(=O)O. The highest BCUT2D eigenvalue weighted by Crippen LogP contribution is 2.31. The molecular weight excluding hydrogens is 232 g/mol. The fourth-order valence-corrected chi connectivity index (χ4v) is 1.38. The van der Waals surface area contributed by atoms with E-state index in [1.165, 1.54) is 0 Å². The topological polar surface area (TPSA) is 78.4 Å². The number of carboxylic acids is 1. The Morgan fingerprint density at radius 3 is 2.22 bits per heavy atom. The van der Waals surface area contributed by atoms with Crippen LogP contribution in [0, 0.1) is 5.41 Å². The fraction of sp³-hybridized carbons (Fsp3) is 0.692. The minimum Gasteiger partial charge on any atom is -0.481 e. The van der Waals surface area contributed by atoms with E-state index in [1.54, 1.807) is 40.7 Å². The van der Waals surface area contributed by atoms with Crippen LogP contribution in [0.1, 0.15) is 34.6 Å². The van der Waals surface area contributed by atoms with Crippen LogP contribution in [0.4, 0.5) is 0 Å². The zero-order valence-electron chi connectivity index (χ0n) is 11.8. The van der Waals surface area contributed by atoms with E-state index in [-0.39, 0.29) is 5.91 Å². The molecule has 0 radical (unpaired) electrons. The average molecular weight is 256 g/mol. The van der Waals surface area contributed by atoms with Crippen LogP contribution in [0.3, 0.4) is 0 Å². The van der Waals surface area contributed by atoms with Crippen molar-refractivity contribution < 1.29 is 14.7 Å². The van der Waals surface area contributed by atoms with Crippen molar-refractivity contribution in [3.8, 4) is 0 Å². The molecule has 5 heteroatoms. The summed E-state index contributed by atoms with van der Waals surface area (Å²) in [6, 6.07) is -0.474. The highest BCUT2D eigenvalue weighted by atomic mass is 16.4. The van der Waals surface area contributed by atoms with Gasteiger partial charge in [-0.2, -0.15) is 0 Å². The number of aliphatic carboxylic acids is 1. The number of carbonyl (C=O) groups excluding carboxylic acids is 1. The van der Waals surface area contributed by atoms with E-state index in [0.29, 0.717) is 6.54 Å². The molecule has 1 atom stereocenters. The lowest BCUT2D eigenvalue weighted by atomic mass is 9.74. The number of carbonyl (C=O) groups is 2. The average Bonchev–Trinajstić information content (AvgIpc) is 2.24. The highest BCUT2D eigenvalue weighted by Gasteiger charge is 2.44. The Kier molecular flexibility index (Phi) is 5.55. The van der Waals surface area contributed by atoms with Gasteiger partial charge in [-0.25, -0.2) is 0 Å². The highest BCUT2D eigenvalue weighted by molar-refractivity contribution is 5.82. The first-order valence-corrected chi connectivity index (χ1v) is 5.96. The molecule has 0 aliphatic heterocycles. The monoisotopic (exact) mass is 256 g/mol. The van der Waals surface area contributed by atoms with Gasteiger partial charge in [0.2, 0.25) is 5.91 Å². The number of rotatable bonds is 7. The van der Waals surface area contributed by atoms with Gasteiger partial charge in [-0.3, -0.25) is 14.9 Å². The van der Waals surface area contributed by atoms with Crippen molar-refractivity contribution >= 4 is 11.9 Å². The van der Waals surface area contributed by atoms with E-state index in [4.69, 9.17) is 0 Å². The molecule has 0 bridgehead atoms. The second-order valence-electron chi connectivity index (χ2n) is 5.46. The van der Waals surface area contributed by atoms with Crippen LogP contribution in [0.15, 0.2) is 12.7 Å². The van der Waals surface area contributed by atoms with Crippen LogP contribution in [-0.4, -0.2) is 35.1 Å². The molecule has 0 heterocycles. The summed E-state index contributed by atoms with van der Waals surface area (Å²) in [6.07, 6.45) is 1.59. The first-order chi connectivity index (χ1) is 8.06. The molecule has 3 N–H and O–H groups in total. The molecular formula is C13H24N2O3. The van der Waals surface area contributed by atoms with E-state index in [9.17, 15) is 14.7 Å². The lowest BCUT2D eigenvalue weighted by Gasteiger charge is -2.40. The fourth-order valence-electron chi connectivity index (χ4n) is 1.38. The molecule has 0 spiro atoms. The Labute approximate surface area is 109 Å². The van der Waals surface area contributed by atoms with Crippen molar-refractivity contribution in [1.82, 2.24) is 10.6 Å². The van der Waals surface area contributed by atoms with Crippen molar-refractivity contribution in [2.45, 2.75) is 46.2 Å². The third kappa shape index (κ3) is 3.84. The Hall–Kier alpha value is -1.36. The number of amides is 1. The van der Waals surface area contributed by atoms with E-state index < -0.39 is 23.0 Å². The molecule has 0 aromatic heterocycles. The number of hydrogen-bond donors (Lipinski definition) is 3. The molecule has 0 fully saturated rings. The van der Waals surface area contributed by atoms with Gasteiger partial charge in [-0.05, 0) is 34.6 Å². The maximum atomic E-state index is 11.7. The minimum absolute atomic E-state index is 0.177. The van der Waals surface area contributed by atoms with Crippen molar-refractivity contribution in [2.24, 2.45) is 5.41 Å². The van der Waals surface area contributed by atoms with Gasteiger partial charge in [0.25, 0.3) is 0 Å². The van der Waals surface area contributed by atoms with Crippen LogP contribution in [-0.2, 0) is 9.59 Å². The molecule has 18 heavy (non-hydrogen) atoms. The molecule has 1 amide bonds. The molecule has 0 aromatic carbocycles. The van der Waals surface area contributed by atoms with Crippen LogP contribution >= 0.6 is 0 Å².